The Bertz CT molecular complexity index is 737. The average Bonchev–Trinajstić information content (AvgIpc) is 2.90. The topological polar surface area (TPSA) is 81.9 Å². The molecule has 1 aliphatic carbocycles. The molecule has 1 aliphatic heterocycles. The third kappa shape index (κ3) is 3.08. The van der Waals surface area contributed by atoms with Crippen LogP contribution in [-0.4, -0.2) is 50.5 Å². The van der Waals surface area contributed by atoms with Crippen LogP contribution in [0.1, 0.15) is 30.9 Å². The molecule has 2 aliphatic rings. The van der Waals surface area contributed by atoms with Crippen molar-refractivity contribution >= 4 is 6.29 Å². The third-order valence-corrected chi connectivity index (χ3v) is 6.68. The summed E-state index contributed by atoms with van der Waals surface area (Å²) in [5.74, 6) is 1.27. The van der Waals surface area contributed by atoms with Crippen molar-refractivity contribution < 1.29 is 19.2 Å². The number of rotatable bonds is 6. The molecule has 3 unspecified atom stereocenters. The van der Waals surface area contributed by atoms with Crippen LogP contribution in [0, 0.1) is 27.9 Å². The molecule has 7 nitrogen and oxygen atoms in total. The SMILES string of the molecule is COc1cc2c(cc1OC)C1(CC(C)[C@@H](C[N+](=O)[O-])C1CC=O)N(C)CC2. The molecule has 0 saturated heterocycles. The minimum absolute atomic E-state index is 0.0993. The summed E-state index contributed by atoms with van der Waals surface area (Å²) < 4.78 is 11.0. The number of carbonyl (C=O) groups is 1. The Morgan fingerprint density at radius 1 is 1.33 bits per heavy atom. The van der Waals surface area contributed by atoms with Crippen molar-refractivity contribution in [1.82, 2.24) is 4.90 Å². The number of nitro groups is 1. The first-order valence-corrected chi connectivity index (χ1v) is 9.41. The molecule has 1 aromatic carbocycles. The van der Waals surface area contributed by atoms with Gasteiger partial charge in [0.25, 0.3) is 0 Å². The summed E-state index contributed by atoms with van der Waals surface area (Å²) in [7, 11) is 5.30. The van der Waals surface area contributed by atoms with Gasteiger partial charge < -0.3 is 14.3 Å². The molecule has 0 radical (unpaired) electrons. The molecule has 7 heteroatoms. The maximum absolute atomic E-state index is 11.5. The molecule has 0 N–H and O–H groups in total. The van der Waals surface area contributed by atoms with Gasteiger partial charge in [0.15, 0.2) is 11.5 Å². The summed E-state index contributed by atoms with van der Waals surface area (Å²) in [5, 5.41) is 11.3. The molecule has 3 rings (SSSR count). The maximum Gasteiger partial charge on any atom is 0.207 e. The number of aldehydes is 1. The van der Waals surface area contributed by atoms with Crippen molar-refractivity contribution in [1.29, 1.82) is 0 Å². The lowest BCUT2D eigenvalue weighted by Crippen LogP contribution is -2.52. The van der Waals surface area contributed by atoms with Crippen LogP contribution in [0.2, 0.25) is 0 Å². The number of benzene rings is 1. The Hall–Kier alpha value is -2.15. The van der Waals surface area contributed by atoms with Crippen LogP contribution in [-0.2, 0) is 16.8 Å². The van der Waals surface area contributed by atoms with Crippen LogP contribution in [0.25, 0.3) is 0 Å². The molecule has 1 saturated carbocycles. The summed E-state index contributed by atoms with van der Waals surface area (Å²) in [6.07, 6.45) is 2.90. The van der Waals surface area contributed by atoms with Gasteiger partial charge in [0, 0.05) is 23.8 Å². The molecular weight excluding hydrogens is 348 g/mol. The zero-order valence-corrected chi connectivity index (χ0v) is 16.4. The van der Waals surface area contributed by atoms with Crippen molar-refractivity contribution in [2.75, 3.05) is 34.4 Å². The van der Waals surface area contributed by atoms with Gasteiger partial charge in [0.2, 0.25) is 6.54 Å². The zero-order valence-electron chi connectivity index (χ0n) is 16.4. The number of ether oxygens (including phenoxy) is 2. The largest absolute Gasteiger partial charge is 0.493 e. The van der Waals surface area contributed by atoms with Crippen LogP contribution < -0.4 is 9.47 Å². The fraction of sp³-hybridized carbons (Fsp3) is 0.650. The second-order valence-corrected chi connectivity index (χ2v) is 7.83. The molecule has 148 valence electrons. The summed E-state index contributed by atoms with van der Waals surface area (Å²) >= 11 is 0. The van der Waals surface area contributed by atoms with Crippen LogP contribution in [0.15, 0.2) is 12.1 Å². The van der Waals surface area contributed by atoms with Gasteiger partial charge in [-0.3, -0.25) is 15.0 Å². The predicted molar refractivity (Wildman–Crippen MR) is 101 cm³/mol. The highest BCUT2D eigenvalue weighted by molar-refractivity contribution is 5.55. The average molecular weight is 376 g/mol. The molecule has 1 aromatic rings. The lowest BCUT2D eigenvalue weighted by molar-refractivity contribution is -0.491. The Morgan fingerprint density at radius 2 is 2.00 bits per heavy atom. The number of hydrogen-bond acceptors (Lipinski definition) is 6. The number of hydrogen-bond donors (Lipinski definition) is 0. The first-order valence-electron chi connectivity index (χ1n) is 9.41. The van der Waals surface area contributed by atoms with E-state index in [0.717, 1.165) is 31.2 Å². The second-order valence-electron chi connectivity index (χ2n) is 7.83. The molecule has 0 bridgehead atoms. The monoisotopic (exact) mass is 376 g/mol. The van der Waals surface area contributed by atoms with Gasteiger partial charge in [0.1, 0.15) is 6.29 Å². The van der Waals surface area contributed by atoms with Crippen molar-refractivity contribution in [3.05, 3.63) is 33.4 Å². The van der Waals surface area contributed by atoms with E-state index in [2.05, 4.69) is 18.9 Å². The highest BCUT2D eigenvalue weighted by atomic mass is 16.6. The van der Waals surface area contributed by atoms with E-state index in [1.807, 2.05) is 12.1 Å². The molecule has 1 fully saturated rings. The van der Waals surface area contributed by atoms with Crippen LogP contribution in [0.3, 0.4) is 0 Å². The predicted octanol–water partition coefficient (Wildman–Crippen LogP) is 2.52. The summed E-state index contributed by atoms with van der Waals surface area (Å²) in [5.41, 5.74) is 1.91. The Morgan fingerprint density at radius 3 is 2.59 bits per heavy atom. The van der Waals surface area contributed by atoms with Crippen LogP contribution in [0.5, 0.6) is 11.5 Å². The van der Waals surface area contributed by atoms with E-state index in [1.165, 1.54) is 5.56 Å². The molecule has 4 atom stereocenters. The lowest BCUT2D eigenvalue weighted by Gasteiger charge is -2.48. The maximum atomic E-state index is 11.5. The lowest BCUT2D eigenvalue weighted by atomic mass is 9.71. The second kappa shape index (κ2) is 7.46. The molecule has 1 spiro atoms. The minimum Gasteiger partial charge on any atom is -0.493 e. The molecule has 0 aromatic heterocycles. The first-order chi connectivity index (χ1) is 12.9. The summed E-state index contributed by atoms with van der Waals surface area (Å²) in [4.78, 5) is 24.9. The van der Waals surface area contributed by atoms with Gasteiger partial charge >= 0.3 is 0 Å². The quantitative estimate of drug-likeness (QED) is 0.431. The van der Waals surface area contributed by atoms with E-state index < -0.39 is 5.54 Å². The van der Waals surface area contributed by atoms with Crippen molar-refractivity contribution in [2.45, 2.75) is 31.7 Å². The number of methoxy groups -OCH3 is 2. The third-order valence-electron chi connectivity index (χ3n) is 6.68. The zero-order chi connectivity index (χ0) is 19.8. The van der Waals surface area contributed by atoms with Gasteiger partial charge in [-0.05, 0) is 55.0 Å². The van der Waals surface area contributed by atoms with E-state index in [-0.39, 0.29) is 29.2 Å². The molecular formula is C20H28N2O5. The Labute approximate surface area is 159 Å². The Kier molecular flexibility index (Phi) is 5.42. The smallest absolute Gasteiger partial charge is 0.207 e. The highest BCUT2D eigenvalue weighted by Gasteiger charge is 2.57. The molecule has 27 heavy (non-hydrogen) atoms. The van der Waals surface area contributed by atoms with E-state index >= 15 is 0 Å². The van der Waals surface area contributed by atoms with Crippen LogP contribution in [0.4, 0.5) is 0 Å². The van der Waals surface area contributed by atoms with E-state index in [0.29, 0.717) is 17.9 Å². The van der Waals surface area contributed by atoms with Crippen molar-refractivity contribution in [3.8, 4) is 11.5 Å². The standard InChI is InChI=1S/C20H28N2O5/c1-13-11-20(16(6-8-23)15(13)12-22(24)25)17-10-19(27-4)18(26-3)9-14(17)5-7-21(20)2/h8-10,13,15-16H,5-7,11-12H2,1-4H3/t13?,15-,16?,20?/m1/s1. The van der Waals surface area contributed by atoms with Gasteiger partial charge in [-0.2, -0.15) is 0 Å². The Balaban J connectivity index is 2.18. The van der Waals surface area contributed by atoms with Crippen molar-refractivity contribution in [2.24, 2.45) is 17.8 Å². The van der Waals surface area contributed by atoms with E-state index in [4.69, 9.17) is 9.47 Å². The minimum atomic E-state index is -0.395. The van der Waals surface area contributed by atoms with Crippen LogP contribution >= 0.6 is 0 Å². The summed E-state index contributed by atoms with van der Waals surface area (Å²) in [6, 6.07) is 4.04. The van der Waals surface area contributed by atoms with Gasteiger partial charge in [0.05, 0.1) is 19.8 Å². The van der Waals surface area contributed by atoms with Gasteiger partial charge in [-0.1, -0.05) is 6.92 Å². The number of fused-ring (bicyclic) bond motifs is 2. The fourth-order valence-corrected chi connectivity index (χ4v) is 5.47. The number of likely N-dealkylation sites (N-methyl/N-ethyl adjacent to an activating group) is 1. The van der Waals surface area contributed by atoms with Crippen molar-refractivity contribution in [3.63, 3.8) is 0 Å². The number of nitrogens with zero attached hydrogens (tertiary/aromatic N) is 2. The first kappa shape index (κ1) is 19.6. The van der Waals surface area contributed by atoms with E-state index in [9.17, 15) is 14.9 Å². The normalized spacial score (nSPS) is 30.1. The fourth-order valence-electron chi connectivity index (χ4n) is 5.47. The van der Waals surface area contributed by atoms with Gasteiger partial charge in [-0.25, -0.2) is 0 Å². The highest BCUT2D eigenvalue weighted by Crippen LogP contribution is 2.57. The van der Waals surface area contributed by atoms with E-state index in [1.54, 1.807) is 14.2 Å². The summed E-state index contributed by atoms with van der Waals surface area (Å²) in [6.45, 7) is 2.82. The number of carbonyl (C=O) groups excluding carboxylic acids is 1. The molecule has 1 heterocycles. The molecule has 0 amide bonds. The van der Waals surface area contributed by atoms with Gasteiger partial charge in [-0.15, -0.1) is 0 Å².